The van der Waals surface area contributed by atoms with Gasteiger partial charge in [0.05, 0.1) is 0 Å². The maximum absolute atomic E-state index is 3.70. The quantitative estimate of drug-likeness (QED) is 0.775. The molecule has 0 aromatic carbocycles. The van der Waals surface area contributed by atoms with Crippen molar-refractivity contribution in [1.82, 2.24) is 10.2 Å². The third kappa shape index (κ3) is 4.06. The van der Waals surface area contributed by atoms with E-state index < -0.39 is 0 Å². The molecule has 2 atom stereocenters. The normalized spacial score (nSPS) is 27.9. The van der Waals surface area contributed by atoms with Gasteiger partial charge in [0.1, 0.15) is 0 Å². The van der Waals surface area contributed by atoms with E-state index in [0.29, 0.717) is 6.04 Å². The van der Waals surface area contributed by atoms with Crippen LogP contribution >= 0.6 is 0 Å². The van der Waals surface area contributed by atoms with Crippen LogP contribution in [-0.2, 0) is 0 Å². The molecule has 2 heteroatoms. The third-order valence-corrected chi connectivity index (χ3v) is 3.83. The SMILES string of the molecule is CCC1CNC(C(C)C)CN1CCC(C)C. The smallest absolute Gasteiger partial charge is 0.0218 e. The number of hydrogen-bond acceptors (Lipinski definition) is 2. The lowest BCUT2D eigenvalue weighted by Gasteiger charge is -2.42. The van der Waals surface area contributed by atoms with Gasteiger partial charge in [-0.3, -0.25) is 4.90 Å². The summed E-state index contributed by atoms with van der Waals surface area (Å²) < 4.78 is 0. The van der Waals surface area contributed by atoms with Crippen LogP contribution in [0.1, 0.15) is 47.5 Å². The van der Waals surface area contributed by atoms with Gasteiger partial charge < -0.3 is 5.32 Å². The molecule has 96 valence electrons. The van der Waals surface area contributed by atoms with Crippen molar-refractivity contribution >= 4 is 0 Å². The van der Waals surface area contributed by atoms with Crippen LogP contribution < -0.4 is 5.32 Å². The minimum absolute atomic E-state index is 0.690. The van der Waals surface area contributed by atoms with E-state index in [1.165, 1.54) is 32.5 Å². The maximum atomic E-state index is 3.70. The molecular formula is C14H30N2. The van der Waals surface area contributed by atoms with Gasteiger partial charge in [0.2, 0.25) is 0 Å². The van der Waals surface area contributed by atoms with Crippen molar-refractivity contribution in [2.75, 3.05) is 19.6 Å². The van der Waals surface area contributed by atoms with Gasteiger partial charge >= 0.3 is 0 Å². The standard InChI is InChI=1S/C14H30N2/c1-6-13-9-15-14(12(4)5)10-16(13)8-7-11(2)3/h11-15H,6-10H2,1-5H3. The van der Waals surface area contributed by atoms with Gasteiger partial charge in [-0.1, -0.05) is 34.6 Å². The van der Waals surface area contributed by atoms with Crippen LogP contribution in [-0.4, -0.2) is 36.6 Å². The van der Waals surface area contributed by atoms with Crippen LogP contribution in [0.25, 0.3) is 0 Å². The Morgan fingerprint density at radius 1 is 1.25 bits per heavy atom. The number of rotatable bonds is 5. The lowest BCUT2D eigenvalue weighted by atomic mass is 9.97. The molecule has 0 aromatic heterocycles. The summed E-state index contributed by atoms with van der Waals surface area (Å²) in [7, 11) is 0. The second kappa shape index (κ2) is 6.61. The second-order valence-corrected chi connectivity index (χ2v) is 6.00. The molecule has 0 aromatic rings. The molecule has 1 aliphatic rings. The van der Waals surface area contributed by atoms with Crippen molar-refractivity contribution < 1.29 is 0 Å². The van der Waals surface area contributed by atoms with Crippen molar-refractivity contribution in [2.24, 2.45) is 11.8 Å². The first kappa shape index (κ1) is 14.0. The van der Waals surface area contributed by atoms with E-state index in [0.717, 1.165) is 17.9 Å². The molecule has 1 saturated heterocycles. The Morgan fingerprint density at radius 2 is 1.94 bits per heavy atom. The van der Waals surface area contributed by atoms with E-state index in [9.17, 15) is 0 Å². The number of piperazine rings is 1. The highest BCUT2D eigenvalue weighted by molar-refractivity contribution is 4.86. The highest BCUT2D eigenvalue weighted by Crippen LogP contribution is 2.16. The molecule has 0 aliphatic carbocycles. The molecule has 1 fully saturated rings. The molecule has 1 N–H and O–H groups in total. The first-order valence-corrected chi connectivity index (χ1v) is 7.02. The van der Waals surface area contributed by atoms with Crippen LogP contribution in [0, 0.1) is 11.8 Å². The van der Waals surface area contributed by atoms with Gasteiger partial charge in [-0.05, 0) is 31.2 Å². The highest BCUT2D eigenvalue weighted by atomic mass is 15.2. The highest BCUT2D eigenvalue weighted by Gasteiger charge is 2.27. The minimum atomic E-state index is 0.690. The molecule has 2 nitrogen and oxygen atoms in total. The molecule has 0 amide bonds. The maximum Gasteiger partial charge on any atom is 0.0218 e. The Morgan fingerprint density at radius 3 is 2.44 bits per heavy atom. The van der Waals surface area contributed by atoms with Crippen molar-refractivity contribution in [1.29, 1.82) is 0 Å². The lowest BCUT2D eigenvalue weighted by molar-refractivity contribution is 0.105. The van der Waals surface area contributed by atoms with Crippen LogP contribution in [0.15, 0.2) is 0 Å². The average molecular weight is 226 g/mol. The molecule has 1 heterocycles. The summed E-state index contributed by atoms with van der Waals surface area (Å²) in [5.41, 5.74) is 0. The Kier molecular flexibility index (Phi) is 5.77. The molecule has 1 rings (SSSR count). The Balaban J connectivity index is 2.46. The largest absolute Gasteiger partial charge is 0.311 e. The summed E-state index contributed by atoms with van der Waals surface area (Å²) in [4.78, 5) is 2.71. The van der Waals surface area contributed by atoms with Crippen molar-refractivity contribution in [3.05, 3.63) is 0 Å². The Hall–Kier alpha value is -0.0800. The molecule has 0 radical (unpaired) electrons. The van der Waals surface area contributed by atoms with Gasteiger partial charge in [-0.15, -0.1) is 0 Å². The molecule has 0 bridgehead atoms. The summed E-state index contributed by atoms with van der Waals surface area (Å²) in [5.74, 6) is 1.57. The molecule has 1 aliphatic heterocycles. The fourth-order valence-electron chi connectivity index (χ4n) is 2.43. The van der Waals surface area contributed by atoms with Crippen LogP contribution in [0.5, 0.6) is 0 Å². The Labute approximate surface area is 102 Å². The minimum Gasteiger partial charge on any atom is -0.311 e. The molecule has 0 spiro atoms. The predicted octanol–water partition coefficient (Wildman–Crippen LogP) is 2.74. The van der Waals surface area contributed by atoms with Crippen LogP contribution in [0.3, 0.4) is 0 Å². The summed E-state index contributed by atoms with van der Waals surface area (Å²) >= 11 is 0. The van der Waals surface area contributed by atoms with Gasteiger partial charge in [0, 0.05) is 25.2 Å². The molecular weight excluding hydrogens is 196 g/mol. The average Bonchev–Trinajstić information content (AvgIpc) is 2.25. The summed E-state index contributed by atoms with van der Waals surface area (Å²) in [6, 6.07) is 1.45. The third-order valence-electron chi connectivity index (χ3n) is 3.83. The van der Waals surface area contributed by atoms with E-state index in [-0.39, 0.29) is 0 Å². The number of nitrogens with zero attached hydrogens (tertiary/aromatic N) is 1. The zero-order valence-corrected chi connectivity index (χ0v) is 11.8. The molecule has 16 heavy (non-hydrogen) atoms. The second-order valence-electron chi connectivity index (χ2n) is 6.00. The van der Waals surface area contributed by atoms with E-state index >= 15 is 0 Å². The van der Waals surface area contributed by atoms with Crippen molar-refractivity contribution in [2.45, 2.75) is 59.5 Å². The summed E-state index contributed by atoms with van der Waals surface area (Å²) in [6.45, 7) is 15.3. The Bertz CT molecular complexity index is 189. The fraction of sp³-hybridized carbons (Fsp3) is 1.00. The van der Waals surface area contributed by atoms with E-state index in [1.807, 2.05) is 0 Å². The first-order valence-electron chi connectivity index (χ1n) is 7.02. The predicted molar refractivity (Wildman–Crippen MR) is 71.7 cm³/mol. The summed E-state index contributed by atoms with van der Waals surface area (Å²) in [5, 5.41) is 3.70. The summed E-state index contributed by atoms with van der Waals surface area (Å²) in [6.07, 6.45) is 2.61. The van der Waals surface area contributed by atoms with E-state index in [4.69, 9.17) is 0 Å². The van der Waals surface area contributed by atoms with Crippen molar-refractivity contribution in [3.63, 3.8) is 0 Å². The zero-order valence-electron chi connectivity index (χ0n) is 11.8. The molecule has 2 unspecified atom stereocenters. The van der Waals surface area contributed by atoms with Gasteiger partial charge in [-0.2, -0.15) is 0 Å². The van der Waals surface area contributed by atoms with Crippen LogP contribution in [0.2, 0.25) is 0 Å². The topological polar surface area (TPSA) is 15.3 Å². The molecule has 0 saturated carbocycles. The first-order chi connectivity index (χ1) is 7.54. The fourth-order valence-corrected chi connectivity index (χ4v) is 2.43. The van der Waals surface area contributed by atoms with Crippen LogP contribution in [0.4, 0.5) is 0 Å². The van der Waals surface area contributed by atoms with Gasteiger partial charge in [-0.25, -0.2) is 0 Å². The van der Waals surface area contributed by atoms with E-state index in [2.05, 4.69) is 44.8 Å². The van der Waals surface area contributed by atoms with Gasteiger partial charge in [0.25, 0.3) is 0 Å². The van der Waals surface area contributed by atoms with Crippen molar-refractivity contribution in [3.8, 4) is 0 Å². The number of hydrogen-bond donors (Lipinski definition) is 1. The zero-order chi connectivity index (χ0) is 12.1. The monoisotopic (exact) mass is 226 g/mol. The van der Waals surface area contributed by atoms with Gasteiger partial charge in [0.15, 0.2) is 0 Å². The van der Waals surface area contributed by atoms with E-state index in [1.54, 1.807) is 0 Å². The lowest BCUT2D eigenvalue weighted by Crippen LogP contribution is -2.58. The number of nitrogens with one attached hydrogen (secondary N) is 1.